The molecule has 5 nitrogen and oxygen atoms in total. The molecule has 8 aromatic rings. The van der Waals surface area contributed by atoms with Gasteiger partial charge in [0.1, 0.15) is 22.6 Å². The van der Waals surface area contributed by atoms with Crippen LogP contribution in [0.4, 0.5) is 0 Å². The van der Waals surface area contributed by atoms with Gasteiger partial charge in [-0.2, -0.15) is 9.13 Å². The first-order chi connectivity index (χ1) is 20.1. The molecule has 0 saturated heterocycles. The Hall–Kier alpha value is -5.16. The van der Waals surface area contributed by atoms with Crippen LogP contribution >= 0.6 is 0 Å². The maximum Gasteiger partial charge on any atom is 0.375 e. The van der Waals surface area contributed by atoms with E-state index >= 15 is 0 Å². The monoisotopic (exact) mass is 528 g/mol. The zero-order valence-corrected chi connectivity index (χ0v) is 22.9. The molecule has 1 spiro atoms. The first-order valence-corrected chi connectivity index (χ1v) is 14.3. The Morgan fingerprint density at radius 2 is 1.41 bits per heavy atom. The van der Waals surface area contributed by atoms with Gasteiger partial charge in [-0.25, -0.2) is 0 Å². The molecule has 3 aliphatic heterocycles. The van der Waals surface area contributed by atoms with Gasteiger partial charge in [-0.1, -0.05) is 18.2 Å². The molecule has 1 unspecified atom stereocenters. The zero-order valence-electron chi connectivity index (χ0n) is 22.9. The molecule has 192 valence electrons. The Kier molecular flexibility index (Phi) is 3.16. The van der Waals surface area contributed by atoms with Crippen LogP contribution in [-0.4, -0.2) is 8.97 Å². The van der Waals surface area contributed by atoms with Gasteiger partial charge >= 0.3 is 5.66 Å². The van der Waals surface area contributed by atoms with Crippen LogP contribution in [0.2, 0.25) is 0 Å². The molecule has 0 N–H and O–H groups in total. The van der Waals surface area contributed by atoms with Gasteiger partial charge in [-0.05, 0) is 80.4 Å². The van der Waals surface area contributed by atoms with Crippen molar-refractivity contribution in [1.82, 2.24) is 8.97 Å². The van der Waals surface area contributed by atoms with E-state index in [-0.39, 0.29) is 0 Å². The van der Waals surface area contributed by atoms with Crippen LogP contribution in [0.15, 0.2) is 91.3 Å². The fourth-order valence-electron chi connectivity index (χ4n) is 8.66. The van der Waals surface area contributed by atoms with Gasteiger partial charge in [0.15, 0.2) is 17.3 Å². The van der Waals surface area contributed by atoms with Crippen LogP contribution in [0.3, 0.4) is 0 Å². The minimum Gasteiger partial charge on any atom is -0.456 e. The number of aryl methyl sites for hydroxylation is 2. The summed E-state index contributed by atoms with van der Waals surface area (Å²) in [6.07, 6.45) is 4.55. The zero-order chi connectivity index (χ0) is 26.9. The molecule has 3 aromatic carbocycles. The van der Waals surface area contributed by atoms with Crippen LogP contribution in [-0.2, 0) is 5.66 Å². The van der Waals surface area contributed by atoms with E-state index in [4.69, 9.17) is 4.74 Å². The van der Waals surface area contributed by atoms with Gasteiger partial charge in [-0.3, -0.25) is 0 Å². The number of rotatable bonds is 0. The quantitative estimate of drug-likeness (QED) is 0.156. The molecular weight excluding hydrogens is 504 g/mol. The number of benzene rings is 3. The Morgan fingerprint density at radius 3 is 2.34 bits per heavy atom. The number of ether oxygens (including phenoxy) is 1. The van der Waals surface area contributed by atoms with Crippen molar-refractivity contribution in [2.75, 3.05) is 0 Å². The fraction of sp³-hybridized carbons (Fsp3) is 0.111. The molecule has 0 bridgehead atoms. The van der Waals surface area contributed by atoms with E-state index in [0.717, 1.165) is 17.3 Å². The highest BCUT2D eigenvalue weighted by Crippen LogP contribution is 2.57. The third-order valence-corrected chi connectivity index (χ3v) is 10.4. The van der Waals surface area contributed by atoms with E-state index in [1.165, 1.54) is 77.1 Å². The molecule has 1 atom stereocenters. The molecule has 8 heterocycles. The number of para-hydroxylation sites is 1. The second kappa shape index (κ2) is 6.26. The van der Waals surface area contributed by atoms with Crippen molar-refractivity contribution >= 4 is 49.1 Å². The number of aromatic nitrogens is 4. The predicted octanol–water partition coefficient (Wildman–Crippen LogP) is 6.87. The van der Waals surface area contributed by atoms with Crippen LogP contribution in [0.25, 0.3) is 54.9 Å². The lowest BCUT2D eigenvalue weighted by Crippen LogP contribution is -2.75. The predicted molar refractivity (Wildman–Crippen MR) is 159 cm³/mol. The van der Waals surface area contributed by atoms with Crippen LogP contribution in [0.5, 0.6) is 11.5 Å². The summed E-state index contributed by atoms with van der Waals surface area (Å²) < 4.78 is 16.9. The van der Waals surface area contributed by atoms with Gasteiger partial charge in [0, 0.05) is 28.6 Å². The summed E-state index contributed by atoms with van der Waals surface area (Å²) >= 11 is 0. The molecule has 5 aromatic heterocycles. The molecule has 0 amide bonds. The lowest BCUT2D eigenvalue weighted by atomic mass is 9.84. The molecule has 0 saturated carbocycles. The fourth-order valence-corrected chi connectivity index (χ4v) is 8.66. The van der Waals surface area contributed by atoms with Gasteiger partial charge in [0.05, 0.1) is 28.0 Å². The van der Waals surface area contributed by atoms with E-state index in [9.17, 15) is 0 Å². The van der Waals surface area contributed by atoms with Crippen molar-refractivity contribution in [2.24, 2.45) is 0 Å². The number of pyridine rings is 3. The minimum atomic E-state index is -0.624. The number of hydrogen-bond acceptors (Lipinski definition) is 1. The van der Waals surface area contributed by atoms with Gasteiger partial charge in [0.25, 0.3) is 5.82 Å². The van der Waals surface area contributed by atoms with Crippen molar-refractivity contribution in [3.63, 3.8) is 0 Å². The minimum absolute atomic E-state index is 0.624. The lowest BCUT2D eigenvalue weighted by Gasteiger charge is -2.34. The van der Waals surface area contributed by atoms with E-state index in [1.54, 1.807) is 0 Å². The average molecular weight is 529 g/mol. The second-order valence-electron chi connectivity index (χ2n) is 11.9. The average Bonchev–Trinajstić information content (AvgIpc) is 3.60. The van der Waals surface area contributed by atoms with Crippen molar-refractivity contribution < 1.29 is 13.9 Å². The van der Waals surface area contributed by atoms with E-state index in [0.29, 0.717) is 0 Å². The van der Waals surface area contributed by atoms with E-state index < -0.39 is 5.66 Å². The molecule has 41 heavy (non-hydrogen) atoms. The summed E-state index contributed by atoms with van der Waals surface area (Å²) in [4.78, 5) is 0. The summed E-state index contributed by atoms with van der Waals surface area (Å²) in [6.45, 7) is 6.77. The van der Waals surface area contributed by atoms with E-state index in [1.807, 2.05) is 0 Å². The Labute approximate surface area is 234 Å². The third kappa shape index (κ3) is 1.89. The molecule has 0 aliphatic carbocycles. The SMILES string of the molecule is Cc1c(C)c2c3ccc[n+]4c3c3c5c(ccc3n2c1C)Oc1ccc2c3ccccc3n3c2c1C54[n+]1ccccc1-3. The molecule has 3 aliphatic rings. The normalized spacial score (nSPS) is 17.4. The summed E-state index contributed by atoms with van der Waals surface area (Å²) in [6, 6.07) is 28.8. The first-order valence-electron chi connectivity index (χ1n) is 14.3. The summed E-state index contributed by atoms with van der Waals surface area (Å²) in [7, 11) is 0. The van der Waals surface area contributed by atoms with Crippen molar-refractivity contribution in [2.45, 2.75) is 26.4 Å². The van der Waals surface area contributed by atoms with Crippen LogP contribution in [0, 0.1) is 20.8 Å². The van der Waals surface area contributed by atoms with Crippen molar-refractivity contribution in [3.05, 3.63) is 119 Å². The lowest BCUT2D eigenvalue weighted by molar-refractivity contribution is -0.956. The molecule has 0 radical (unpaired) electrons. The van der Waals surface area contributed by atoms with Crippen LogP contribution < -0.4 is 13.9 Å². The van der Waals surface area contributed by atoms with Crippen molar-refractivity contribution in [1.29, 1.82) is 0 Å². The highest BCUT2D eigenvalue weighted by molar-refractivity contribution is 6.15. The number of fused-ring (bicyclic) bond motifs is 8. The summed E-state index contributed by atoms with van der Waals surface area (Å²) in [5.74, 6) is 3.00. The molecule has 0 fully saturated rings. The number of hydrogen-bond donors (Lipinski definition) is 0. The number of nitrogens with zero attached hydrogens (tertiary/aromatic N) is 4. The van der Waals surface area contributed by atoms with Crippen LogP contribution in [0.1, 0.15) is 27.9 Å². The summed E-state index contributed by atoms with van der Waals surface area (Å²) in [5, 5.41) is 5.07. The first kappa shape index (κ1) is 20.7. The van der Waals surface area contributed by atoms with Gasteiger partial charge in [-0.15, -0.1) is 4.57 Å². The Bertz CT molecular complexity index is 2600. The topological polar surface area (TPSA) is 26.3 Å². The molecule has 11 rings (SSSR count). The maximum absolute atomic E-state index is 6.89. The standard InChI is InChI=1S/C36H24N4O/c1-19-20(2)33-24-10-8-18-38-34(24)30-26(39(33)21(19)3)14-16-27-31(30)36(38)32-28(41-27)15-13-23-22-9-4-5-11-25(22)40(35(23)32)29-12-6-7-17-37(29)36/h4-18H,1-3H3/q+2. The highest BCUT2D eigenvalue weighted by atomic mass is 16.5. The van der Waals surface area contributed by atoms with E-state index in [2.05, 4.69) is 130 Å². The van der Waals surface area contributed by atoms with Gasteiger partial charge in [0.2, 0.25) is 5.52 Å². The van der Waals surface area contributed by atoms with Gasteiger partial charge < -0.3 is 9.14 Å². The van der Waals surface area contributed by atoms with Crippen molar-refractivity contribution in [3.8, 4) is 17.3 Å². The summed E-state index contributed by atoms with van der Waals surface area (Å²) in [5.41, 5.74) is 12.1. The maximum atomic E-state index is 6.89. The smallest absolute Gasteiger partial charge is 0.375 e. The largest absolute Gasteiger partial charge is 0.456 e. The molecule has 5 heteroatoms. The Morgan fingerprint density at radius 1 is 0.634 bits per heavy atom. The molecular formula is C36H24N4O+2. The third-order valence-electron chi connectivity index (χ3n) is 10.4. The second-order valence-corrected chi connectivity index (χ2v) is 11.9. The Balaban J connectivity index is 1.49. The highest BCUT2D eigenvalue weighted by Gasteiger charge is 2.66.